The van der Waals surface area contributed by atoms with Gasteiger partial charge in [0.15, 0.2) is 11.5 Å². The molecule has 2 saturated heterocycles. The van der Waals surface area contributed by atoms with E-state index in [2.05, 4.69) is 15.5 Å². The van der Waals surface area contributed by atoms with Gasteiger partial charge >= 0.3 is 6.03 Å². The second-order valence-electron chi connectivity index (χ2n) is 6.90. The van der Waals surface area contributed by atoms with Crippen LogP contribution in [-0.4, -0.2) is 66.7 Å². The molecule has 144 valence electrons. The number of amides is 4. The molecule has 0 radical (unpaired) electrons. The molecule has 3 aliphatic rings. The molecule has 0 spiro atoms. The highest BCUT2D eigenvalue weighted by atomic mass is 16.7. The van der Waals surface area contributed by atoms with Crippen LogP contribution in [0.4, 0.5) is 4.79 Å². The Kier molecular flexibility index (Phi) is 4.85. The number of fused-ring (bicyclic) bond motifs is 1. The van der Waals surface area contributed by atoms with E-state index in [1.54, 1.807) is 4.90 Å². The summed E-state index contributed by atoms with van der Waals surface area (Å²) in [7, 11) is 0. The van der Waals surface area contributed by atoms with E-state index < -0.39 is 12.1 Å². The highest BCUT2D eigenvalue weighted by molar-refractivity contribution is 5.98. The molecule has 4 amide bonds. The van der Waals surface area contributed by atoms with E-state index in [4.69, 9.17) is 9.47 Å². The Morgan fingerprint density at radius 2 is 1.89 bits per heavy atom. The van der Waals surface area contributed by atoms with Crippen LogP contribution in [0.25, 0.3) is 0 Å². The number of hydrogen-bond acceptors (Lipinski definition) is 6. The number of nitrogens with zero attached hydrogens (tertiary/aromatic N) is 2. The van der Waals surface area contributed by atoms with Crippen molar-refractivity contribution < 1.29 is 23.9 Å². The third kappa shape index (κ3) is 3.97. The molecule has 2 N–H and O–H groups in total. The first-order valence-corrected chi connectivity index (χ1v) is 9.08. The Balaban J connectivity index is 1.30. The molecular weight excluding hydrogens is 352 g/mol. The number of urea groups is 1. The van der Waals surface area contributed by atoms with Crippen LogP contribution in [0.3, 0.4) is 0 Å². The van der Waals surface area contributed by atoms with Gasteiger partial charge in [0.1, 0.15) is 6.04 Å². The third-order valence-electron chi connectivity index (χ3n) is 5.04. The lowest BCUT2D eigenvalue weighted by atomic mass is 10.1. The molecule has 1 aromatic carbocycles. The van der Waals surface area contributed by atoms with Crippen LogP contribution >= 0.6 is 0 Å². The number of imide groups is 1. The molecule has 2 fully saturated rings. The number of carbonyl (C=O) groups excluding carboxylic acids is 3. The van der Waals surface area contributed by atoms with Crippen LogP contribution in [0.5, 0.6) is 11.5 Å². The average molecular weight is 374 g/mol. The lowest BCUT2D eigenvalue weighted by Crippen LogP contribution is -2.55. The highest BCUT2D eigenvalue weighted by Crippen LogP contribution is 2.32. The van der Waals surface area contributed by atoms with Gasteiger partial charge in [0.2, 0.25) is 18.6 Å². The predicted octanol–water partition coefficient (Wildman–Crippen LogP) is 0.0477. The van der Waals surface area contributed by atoms with Gasteiger partial charge in [0.25, 0.3) is 0 Å². The van der Waals surface area contributed by atoms with Crippen molar-refractivity contribution in [3.8, 4) is 11.5 Å². The lowest BCUT2D eigenvalue weighted by Gasteiger charge is -2.36. The van der Waals surface area contributed by atoms with Crippen LogP contribution < -0.4 is 20.1 Å². The first-order valence-electron chi connectivity index (χ1n) is 9.08. The maximum absolute atomic E-state index is 12.7. The van der Waals surface area contributed by atoms with E-state index in [0.29, 0.717) is 19.5 Å². The number of benzene rings is 1. The minimum Gasteiger partial charge on any atom is -0.454 e. The Morgan fingerprint density at radius 1 is 1.11 bits per heavy atom. The average Bonchev–Trinajstić information content (AvgIpc) is 3.05. The van der Waals surface area contributed by atoms with Gasteiger partial charge in [-0.15, -0.1) is 0 Å². The maximum Gasteiger partial charge on any atom is 0.322 e. The van der Waals surface area contributed by atoms with Crippen molar-refractivity contribution in [2.75, 3.05) is 33.0 Å². The summed E-state index contributed by atoms with van der Waals surface area (Å²) in [5.41, 5.74) is 1.14. The topological polar surface area (TPSA) is 100 Å². The van der Waals surface area contributed by atoms with E-state index in [-0.39, 0.29) is 25.0 Å². The van der Waals surface area contributed by atoms with E-state index in [0.717, 1.165) is 36.7 Å². The van der Waals surface area contributed by atoms with Crippen molar-refractivity contribution in [3.63, 3.8) is 0 Å². The summed E-state index contributed by atoms with van der Waals surface area (Å²) in [4.78, 5) is 39.7. The van der Waals surface area contributed by atoms with Gasteiger partial charge in [-0.2, -0.15) is 0 Å². The second-order valence-corrected chi connectivity index (χ2v) is 6.90. The van der Waals surface area contributed by atoms with Crippen LogP contribution in [0.2, 0.25) is 0 Å². The van der Waals surface area contributed by atoms with Gasteiger partial charge in [-0.1, -0.05) is 6.07 Å². The lowest BCUT2D eigenvalue weighted by molar-refractivity contribution is -0.135. The zero-order chi connectivity index (χ0) is 18.8. The molecule has 0 aliphatic carbocycles. The van der Waals surface area contributed by atoms with Crippen molar-refractivity contribution in [2.45, 2.75) is 25.4 Å². The van der Waals surface area contributed by atoms with Crippen molar-refractivity contribution in [2.24, 2.45) is 0 Å². The Morgan fingerprint density at radius 3 is 2.70 bits per heavy atom. The number of rotatable bonds is 3. The summed E-state index contributed by atoms with van der Waals surface area (Å²) in [6, 6.07) is 4.69. The molecule has 1 aromatic rings. The Hall–Kier alpha value is -2.81. The molecule has 9 nitrogen and oxygen atoms in total. The van der Waals surface area contributed by atoms with Gasteiger partial charge in [0, 0.05) is 39.1 Å². The van der Waals surface area contributed by atoms with Crippen molar-refractivity contribution >= 4 is 17.8 Å². The van der Waals surface area contributed by atoms with E-state index in [1.807, 2.05) is 18.2 Å². The van der Waals surface area contributed by atoms with E-state index >= 15 is 0 Å². The SMILES string of the molecule is O=C1CCC(C(=O)N2CCN(Cc3ccc4c(c3)OCO4)CC2)NC(=O)N1. The number of nitrogens with one attached hydrogen (secondary N) is 2. The molecule has 1 unspecified atom stereocenters. The molecule has 4 rings (SSSR count). The molecule has 3 aliphatic heterocycles. The fourth-order valence-corrected chi connectivity index (χ4v) is 3.56. The molecule has 27 heavy (non-hydrogen) atoms. The first-order chi connectivity index (χ1) is 13.1. The van der Waals surface area contributed by atoms with Crippen molar-refractivity contribution in [1.82, 2.24) is 20.4 Å². The highest BCUT2D eigenvalue weighted by Gasteiger charge is 2.31. The molecule has 1 atom stereocenters. The number of hydrogen-bond donors (Lipinski definition) is 2. The minimum atomic E-state index is -0.642. The summed E-state index contributed by atoms with van der Waals surface area (Å²) < 4.78 is 10.7. The summed E-state index contributed by atoms with van der Waals surface area (Å²) >= 11 is 0. The predicted molar refractivity (Wildman–Crippen MR) is 94.1 cm³/mol. The van der Waals surface area contributed by atoms with Crippen LogP contribution in [0, 0.1) is 0 Å². The second kappa shape index (κ2) is 7.43. The monoisotopic (exact) mass is 374 g/mol. The van der Waals surface area contributed by atoms with Crippen molar-refractivity contribution in [3.05, 3.63) is 23.8 Å². The van der Waals surface area contributed by atoms with Gasteiger partial charge in [-0.05, 0) is 24.1 Å². The van der Waals surface area contributed by atoms with Crippen molar-refractivity contribution in [1.29, 1.82) is 0 Å². The molecule has 0 bridgehead atoms. The summed E-state index contributed by atoms with van der Waals surface area (Å²) in [5.74, 6) is 1.07. The van der Waals surface area contributed by atoms with Gasteiger partial charge in [0.05, 0.1) is 0 Å². The van der Waals surface area contributed by atoms with Gasteiger partial charge in [-0.3, -0.25) is 19.8 Å². The molecular formula is C18H22N4O5. The quantitative estimate of drug-likeness (QED) is 0.775. The van der Waals surface area contributed by atoms with Crippen LogP contribution in [-0.2, 0) is 16.1 Å². The summed E-state index contributed by atoms with van der Waals surface area (Å²) in [5, 5.41) is 4.77. The maximum atomic E-state index is 12.7. The third-order valence-corrected chi connectivity index (χ3v) is 5.04. The van der Waals surface area contributed by atoms with Gasteiger partial charge < -0.3 is 19.7 Å². The zero-order valence-corrected chi connectivity index (χ0v) is 14.9. The fraction of sp³-hybridized carbons (Fsp3) is 0.500. The Labute approximate surface area is 156 Å². The normalized spacial score (nSPS) is 22.8. The fourth-order valence-electron chi connectivity index (χ4n) is 3.56. The largest absolute Gasteiger partial charge is 0.454 e. The summed E-state index contributed by atoms with van der Waals surface area (Å²) in [6.07, 6.45) is 0.493. The smallest absolute Gasteiger partial charge is 0.322 e. The molecule has 9 heteroatoms. The number of ether oxygens (including phenoxy) is 2. The number of carbonyl (C=O) groups is 3. The van der Waals surface area contributed by atoms with E-state index in [9.17, 15) is 14.4 Å². The Bertz CT molecular complexity index is 760. The van der Waals surface area contributed by atoms with E-state index in [1.165, 1.54) is 0 Å². The number of piperazine rings is 1. The standard InChI is InChI=1S/C18H22N4O5/c23-16-4-2-13(19-18(25)20-16)17(24)22-7-5-21(6-8-22)10-12-1-3-14-15(9-12)27-11-26-14/h1,3,9,13H,2,4-8,10-11H2,(H2,19,20,23,25). The minimum absolute atomic E-state index is 0.123. The molecule has 0 saturated carbocycles. The van der Waals surface area contributed by atoms with Crippen LogP contribution in [0.1, 0.15) is 18.4 Å². The molecule has 3 heterocycles. The zero-order valence-electron chi connectivity index (χ0n) is 14.9. The van der Waals surface area contributed by atoms with Gasteiger partial charge in [-0.25, -0.2) is 4.79 Å². The summed E-state index contributed by atoms with van der Waals surface area (Å²) in [6.45, 7) is 3.72. The first kappa shape index (κ1) is 17.6. The molecule has 0 aromatic heterocycles. The van der Waals surface area contributed by atoms with Crippen LogP contribution in [0.15, 0.2) is 18.2 Å².